The minimum Gasteiger partial charge on any atom is -0.209 e. The Morgan fingerprint density at radius 3 is 2.24 bits per heavy atom. The fraction of sp³-hybridized carbons (Fsp3) is 0. The summed E-state index contributed by atoms with van der Waals surface area (Å²) in [6.07, 6.45) is 0. The number of hydrogen-bond donors (Lipinski definition) is 0. The van der Waals surface area contributed by atoms with Gasteiger partial charge in [-0.1, -0.05) is 52.6 Å². The second-order valence-corrected chi connectivity index (χ2v) is 4.90. The van der Waals surface area contributed by atoms with E-state index in [-0.39, 0.29) is 32.7 Å². The second kappa shape index (κ2) is 6.09. The zero-order chi connectivity index (χ0) is 13.4. The van der Waals surface area contributed by atoms with Gasteiger partial charge in [0.05, 0.1) is 0 Å². The molecule has 4 aromatic rings. The molecule has 21 heavy (non-hydrogen) atoms. The molecular weight excluding hydrogens is 329 g/mol. The van der Waals surface area contributed by atoms with Gasteiger partial charge >= 0.3 is 0 Å². The van der Waals surface area contributed by atoms with Gasteiger partial charge in [0, 0.05) is 32.7 Å². The van der Waals surface area contributed by atoms with Gasteiger partial charge in [0.1, 0.15) is 0 Å². The Balaban J connectivity index is 0.00000132. The molecule has 0 aliphatic rings. The topological polar surface area (TPSA) is 0 Å². The Morgan fingerprint density at radius 1 is 0.619 bits per heavy atom. The standard InChI is InChI=1S/C20H12.Y/c1-2-6-15(7-3-1)18-13-12-17-11-10-16-8-4-5-9-19(16)20(17)14-18;/h1-6,8-13H;/q-2;. The molecule has 97 valence electrons. The van der Waals surface area contributed by atoms with Crippen molar-refractivity contribution in [3.8, 4) is 11.1 Å². The van der Waals surface area contributed by atoms with Crippen molar-refractivity contribution in [1.82, 2.24) is 0 Å². The molecule has 4 aromatic carbocycles. The Kier molecular flexibility index (Phi) is 4.19. The van der Waals surface area contributed by atoms with E-state index in [0.717, 1.165) is 11.1 Å². The van der Waals surface area contributed by atoms with Crippen LogP contribution in [0.25, 0.3) is 32.7 Å². The van der Waals surface area contributed by atoms with E-state index in [9.17, 15) is 0 Å². The van der Waals surface area contributed by atoms with E-state index in [0.29, 0.717) is 0 Å². The molecule has 0 saturated carbocycles. The van der Waals surface area contributed by atoms with Crippen molar-refractivity contribution < 1.29 is 32.7 Å². The van der Waals surface area contributed by atoms with Gasteiger partial charge in [-0.25, -0.2) is 5.56 Å². The van der Waals surface area contributed by atoms with Crippen LogP contribution in [0.3, 0.4) is 0 Å². The van der Waals surface area contributed by atoms with E-state index in [2.05, 4.69) is 66.7 Å². The van der Waals surface area contributed by atoms with Crippen molar-refractivity contribution >= 4 is 21.5 Å². The zero-order valence-corrected chi connectivity index (χ0v) is 14.3. The van der Waals surface area contributed by atoms with Crippen LogP contribution in [-0.4, -0.2) is 0 Å². The average molecular weight is 341 g/mol. The van der Waals surface area contributed by atoms with E-state index in [4.69, 9.17) is 0 Å². The molecule has 0 spiro atoms. The molecule has 1 heteroatoms. The molecule has 0 aliphatic heterocycles. The fourth-order valence-corrected chi connectivity index (χ4v) is 2.63. The van der Waals surface area contributed by atoms with Crippen LogP contribution in [-0.2, 0) is 32.7 Å². The Morgan fingerprint density at radius 2 is 1.38 bits per heavy atom. The molecule has 0 heterocycles. The molecule has 4 rings (SSSR count). The van der Waals surface area contributed by atoms with Gasteiger partial charge in [0.25, 0.3) is 0 Å². The van der Waals surface area contributed by atoms with Crippen LogP contribution in [0, 0.1) is 12.1 Å². The first-order valence-electron chi connectivity index (χ1n) is 6.73. The van der Waals surface area contributed by atoms with Gasteiger partial charge in [0.15, 0.2) is 0 Å². The van der Waals surface area contributed by atoms with Crippen LogP contribution in [0.1, 0.15) is 0 Å². The SMILES string of the molecule is [Y].[c-]1ccccc1-c1[c-]c2c(cc1)ccc1ccccc12. The van der Waals surface area contributed by atoms with E-state index in [1.54, 1.807) is 0 Å². The first kappa shape index (κ1) is 14.4. The Hall–Kier alpha value is -1.50. The maximum Gasteiger partial charge on any atom is 0 e. The number of benzene rings is 4. The summed E-state index contributed by atoms with van der Waals surface area (Å²) in [5.41, 5.74) is 2.18. The smallest absolute Gasteiger partial charge is 0 e. The summed E-state index contributed by atoms with van der Waals surface area (Å²) in [4.78, 5) is 0. The van der Waals surface area contributed by atoms with Crippen LogP contribution in [0.15, 0.2) is 72.8 Å². The van der Waals surface area contributed by atoms with Crippen molar-refractivity contribution in [3.63, 3.8) is 0 Å². The van der Waals surface area contributed by atoms with E-state index in [1.807, 2.05) is 18.2 Å². The number of hydrogen-bond acceptors (Lipinski definition) is 0. The Bertz CT molecular complexity index is 895. The maximum atomic E-state index is 3.55. The normalized spacial score (nSPS) is 10.5. The predicted octanol–water partition coefficient (Wildman–Crippen LogP) is 5.26. The molecule has 0 bridgehead atoms. The number of rotatable bonds is 1. The van der Waals surface area contributed by atoms with Crippen LogP contribution in [0.5, 0.6) is 0 Å². The van der Waals surface area contributed by atoms with Crippen LogP contribution < -0.4 is 0 Å². The van der Waals surface area contributed by atoms with Gasteiger partial charge in [0.2, 0.25) is 0 Å². The summed E-state index contributed by atoms with van der Waals surface area (Å²) < 4.78 is 0. The van der Waals surface area contributed by atoms with E-state index >= 15 is 0 Å². The van der Waals surface area contributed by atoms with Crippen LogP contribution in [0.4, 0.5) is 0 Å². The van der Waals surface area contributed by atoms with Crippen LogP contribution >= 0.6 is 0 Å². The monoisotopic (exact) mass is 341 g/mol. The van der Waals surface area contributed by atoms with Gasteiger partial charge < -0.3 is 0 Å². The third-order valence-corrected chi connectivity index (χ3v) is 3.65. The molecular formula is C20H12Y-2. The molecule has 0 aromatic heterocycles. The molecule has 0 unspecified atom stereocenters. The Labute approximate surface area is 149 Å². The summed E-state index contributed by atoms with van der Waals surface area (Å²) in [6, 6.07) is 31.9. The van der Waals surface area contributed by atoms with E-state index < -0.39 is 0 Å². The summed E-state index contributed by atoms with van der Waals surface area (Å²) >= 11 is 0. The quantitative estimate of drug-likeness (QED) is 0.327. The summed E-state index contributed by atoms with van der Waals surface area (Å²) in [7, 11) is 0. The predicted molar refractivity (Wildman–Crippen MR) is 84.6 cm³/mol. The maximum absolute atomic E-state index is 3.55. The molecule has 0 fully saturated rings. The molecule has 0 nitrogen and oxygen atoms in total. The van der Waals surface area contributed by atoms with Crippen molar-refractivity contribution in [1.29, 1.82) is 0 Å². The summed E-state index contributed by atoms with van der Waals surface area (Å²) in [6.45, 7) is 0. The molecule has 0 atom stereocenters. The molecule has 0 aliphatic carbocycles. The van der Waals surface area contributed by atoms with Gasteiger partial charge in [-0.15, -0.1) is 17.5 Å². The second-order valence-electron chi connectivity index (χ2n) is 4.90. The van der Waals surface area contributed by atoms with Crippen molar-refractivity contribution in [2.24, 2.45) is 0 Å². The molecule has 0 N–H and O–H groups in total. The third-order valence-electron chi connectivity index (χ3n) is 3.65. The summed E-state index contributed by atoms with van der Waals surface area (Å²) in [5, 5.41) is 4.91. The first-order chi connectivity index (χ1) is 9.92. The molecule has 1 radical (unpaired) electrons. The van der Waals surface area contributed by atoms with E-state index in [1.165, 1.54) is 21.5 Å². The average Bonchev–Trinajstić information content (AvgIpc) is 2.55. The van der Waals surface area contributed by atoms with Gasteiger partial charge in [-0.3, -0.25) is 0 Å². The van der Waals surface area contributed by atoms with Crippen molar-refractivity contribution in [3.05, 3.63) is 84.9 Å². The summed E-state index contributed by atoms with van der Waals surface area (Å²) in [5.74, 6) is 0. The third kappa shape index (κ3) is 2.66. The fourth-order valence-electron chi connectivity index (χ4n) is 2.63. The van der Waals surface area contributed by atoms with Crippen molar-refractivity contribution in [2.45, 2.75) is 0 Å². The minimum atomic E-state index is 0. The zero-order valence-electron chi connectivity index (χ0n) is 11.5. The first-order valence-corrected chi connectivity index (χ1v) is 6.73. The van der Waals surface area contributed by atoms with Gasteiger partial charge in [-0.05, 0) is 0 Å². The molecule has 0 saturated heterocycles. The van der Waals surface area contributed by atoms with Gasteiger partial charge in [-0.2, -0.15) is 42.0 Å². The van der Waals surface area contributed by atoms with Crippen LogP contribution in [0.2, 0.25) is 0 Å². The number of fused-ring (bicyclic) bond motifs is 3. The van der Waals surface area contributed by atoms with Crippen molar-refractivity contribution in [2.75, 3.05) is 0 Å². The largest absolute Gasteiger partial charge is 0.209 e. The minimum absolute atomic E-state index is 0. The molecule has 0 amide bonds.